The van der Waals surface area contributed by atoms with E-state index >= 15 is 0 Å². The van der Waals surface area contributed by atoms with Crippen molar-refractivity contribution in [2.45, 2.75) is 26.1 Å². The average molecular weight is 223 g/mol. The van der Waals surface area contributed by atoms with E-state index in [0.29, 0.717) is 6.54 Å². The number of aliphatic hydroxyl groups is 1. The lowest BCUT2D eigenvalue weighted by Crippen LogP contribution is -2.20. The van der Waals surface area contributed by atoms with Crippen LogP contribution in [0.5, 0.6) is 5.75 Å². The lowest BCUT2D eigenvalue weighted by molar-refractivity contribution is 0.137. The van der Waals surface area contributed by atoms with E-state index in [4.69, 9.17) is 4.74 Å². The molecule has 0 fully saturated rings. The molecule has 1 aromatic rings. The van der Waals surface area contributed by atoms with Gasteiger partial charge in [0.1, 0.15) is 5.75 Å². The third-order valence-electron chi connectivity index (χ3n) is 2.15. The summed E-state index contributed by atoms with van der Waals surface area (Å²) in [4.78, 5) is 1.96. The van der Waals surface area contributed by atoms with E-state index in [1.807, 2.05) is 57.1 Å². The van der Waals surface area contributed by atoms with E-state index in [1.54, 1.807) is 0 Å². The second-order valence-corrected chi connectivity index (χ2v) is 4.52. The SMILES string of the molecule is CC(C)Oc1cccc(C(O)CN(C)C)c1. The fourth-order valence-electron chi connectivity index (χ4n) is 1.52. The Kier molecular flexibility index (Phi) is 4.77. The molecule has 0 spiro atoms. The maximum atomic E-state index is 9.95. The summed E-state index contributed by atoms with van der Waals surface area (Å²) >= 11 is 0. The lowest BCUT2D eigenvalue weighted by atomic mass is 10.1. The van der Waals surface area contributed by atoms with Crippen molar-refractivity contribution in [2.75, 3.05) is 20.6 Å². The van der Waals surface area contributed by atoms with Gasteiger partial charge in [0.2, 0.25) is 0 Å². The van der Waals surface area contributed by atoms with Gasteiger partial charge in [0.05, 0.1) is 12.2 Å². The minimum absolute atomic E-state index is 0.154. The second kappa shape index (κ2) is 5.87. The van der Waals surface area contributed by atoms with E-state index in [1.165, 1.54) is 0 Å². The van der Waals surface area contributed by atoms with Gasteiger partial charge in [0, 0.05) is 6.54 Å². The van der Waals surface area contributed by atoms with E-state index in [-0.39, 0.29) is 6.10 Å². The molecule has 0 saturated carbocycles. The zero-order valence-corrected chi connectivity index (χ0v) is 10.5. The third kappa shape index (κ3) is 4.21. The summed E-state index contributed by atoms with van der Waals surface area (Å²) in [6.07, 6.45) is -0.313. The van der Waals surface area contributed by atoms with Crippen molar-refractivity contribution in [3.05, 3.63) is 29.8 Å². The van der Waals surface area contributed by atoms with Gasteiger partial charge in [-0.25, -0.2) is 0 Å². The highest BCUT2D eigenvalue weighted by atomic mass is 16.5. The van der Waals surface area contributed by atoms with Crippen molar-refractivity contribution >= 4 is 0 Å². The van der Waals surface area contributed by atoms with Crippen LogP contribution < -0.4 is 4.74 Å². The summed E-state index contributed by atoms with van der Waals surface area (Å²) in [5, 5.41) is 9.95. The predicted molar refractivity (Wildman–Crippen MR) is 65.7 cm³/mol. The van der Waals surface area contributed by atoms with Crippen LogP contribution in [0.3, 0.4) is 0 Å². The van der Waals surface area contributed by atoms with Crippen LogP contribution >= 0.6 is 0 Å². The summed E-state index contributed by atoms with van der Waals surface area (Å²) in [7, 11) is 3.88. The average Bonchev–Trinajstić information content (AvgIpc) is 2.16. The maximum Gasteiger partial charge on any atom is 0.120 e. The van der Waals surface area contributed by atoms with Crippen molar-refractivity contribution in [1.29, 1.82) is 0 Å². The Labute approximate surface area is 97.7 Å². The van der Waals surface area contributed by atoms with Crippen molar-refractivity contribution in [1.82, 2.24) is 4.90 Å². The highest BCUT2D eigenvalue weighted by Crippen LogP contribution is 2.20. The van der Waals surface area contributed by atoms with Crippen LogP contribution in [0.2, 0.25) is 0 Å². The van der Waals surface area contributed by atoms with E-state index in [9.17, 15) is 5.11 Å². The minimum Gasteiger partial charge on any atom is -0.491 e. The minimum atomic E-state index is -0.467. The Balaban J connectivity index is 2.73. The highest BCUT2D eigenvalue weighted by Gasteiger charge is 2.09. The van der Waals surface area contributed by atoms with Crippen LogP contribution in [0.1, 0.15) is 25.5 Å². The van der Waals surface area contributed by atoms with Gasteiger partial charge < -0.3 is 14.7 Å². The van der Waals surface area contributed by atoms with Gasteiger partial charge in [-0.15, -0.1) is 0 Å². The summed E-state index contributed by atoms with van der Waals surface area (Å²) in [6.45, 7) is 4.59. The normalized spacial score (nSPS) is 13.2. The van der Waals surface area contributed by atoms with E-state index < -0.39 is 6.10 Å². The molecule has 0 amide bonds. The first-order valence-corrected chi connectivity index (χ1v) is 5.58. The monoisotopic (exact) mass is 223 g/mol. The van der Waals surface area contributed by atoms with Gasteiger partial charge >= 0.3 is 0 Å². The molecule has 1 aromatic carbocycles. The molecule has 0 bridgehead atoms. The van der Waals surface area contributed by atoms with Crippen LogP contribution in [-0.2, 0) is 0 Å². The number of benzene rings is 1. The Morgan fingerprint density at radius 2 is 2.00 bits per heavy atom. The van der Waals surface area contributed by atoms with E-state index in [2.05, 4.69) is 0 Å². The fourth-order valence-corrected chi connectivity index (χ4v) is 1.52. The molecule has 0 saturated heterocycles. The van der Waals surface area contributed by atoms with Crippen LogP contribution in [0.15, 0.2) is 24.3 Å². The fraction of sp³-hybridized carbons (Fsp3) is 0.538. The predicted octanol–water partition coefficient (Wildman–Crippen LogP) is 2.07. The number of likely N-dealkylation sites (N-methyl/N-ethyl adjacent to an activating group) is 1. The third-order valence-corrected chi connectivity index (χ3v) is 2.15. The van der Waals surface area contributed by atoms with Gasteiger partial charge in [-0.3, -0.25) is 0 Å². The Morgan fingerprint density at radius 1 is 1.31 bits per heavy atom. The first-order chi connectivity index (χ1) is 7.49. The van der Waals surface area contributed by atoms with Crippen molar-refractivity contribution < 1.29 is 9.84 Å². The molecule has 0 heterocycles. The largest absolute Gasteiger partial charge is 0.491 e. The molecule has 1 unspecified atom stereocenters. The number of rotatable bonds is 5. The molecule has 0 aromatic heterocycles. The lowest BCUT2D eigenvalue weighted by Gasteiger charge is -2.17. The molecule has 3 heteroatoms. The zero-order chi connectivity index (χ0) is 12.1. The van der Waals surface area contributed by atoms with Gasteiger partial charge in [-0.05, 0) is 45.6 Å². The number of nitrogens with zero attached hydrogens (tertiary/aromatic N) is 1. The van der Waals surface area contributed by atoms with Gasteiger partial charge in [0.25, 0.3) is 0 Å². The quantitative estimate of drug-likeness (QED) is 0.829. The molecule has 16 heavy (non-hydrogen) atoms. The molecule has 1 N–H and O–H groups in total. The number of ether oxygens (including phenoxy) is 1. The van der Waals surface area contributed by atoms with Crippen LogP contribution in [0.25, 0.3) is 0 Å². The second-order valence-electron chi connectivity index (χ2n) is 4.52. The highest BCUT2D eigenvalue weighted by molar-refractivity contribution is 5.30. The van der Waals surface area contributed by atoms with Crippen molar-refractivity contribution in [3.63, 3.8) is 0 Å². The van der Waals surface area contributed by atoms with Crippen LogP contribution in [0.4, 0.5) is 0 Å². The Morgan fingerprint density at radius 3 is 2.56 bits per heavy atom. The molecule has 0 aliphatic rings. The first-order valence-electron chi connectivity index (χ1n) is 5.58. The molecule has 0 aliphatic carbocycles. The Hall–Kier alpha value is -1.06. The topological polar surface area (TPSA) is 32.7 Å². The van der Waals surface area contributed by atoms with Gasteiger partial charge in [-0.1, -0.05) is 12.1 Å². The zero-order valence-electron chi connectivity index (χ0n) is 10.5. The Bertz CT molecular complexity index is 323. The molecule has 1 atom stereocenters. The number of hydrogen-bond acceptors (Lipinski definition) is 3. The summed E-state index contributed by atoms with van der Waals surface area (Å²) in [5.74, 6) is 0.810. The number of hydrogen-bond donors (Lipinski definition) is 1. The summed E-state index contributed by atoms with van der Waals surface area (Å²) in [5.41, 5.74) is 0.895. The van der Waals surface area contributed by atoms with Gasteiger partial charge in [-0.2, -0.15) is 0 Å². The maximum absolute atomic E-state index is 9.95. The van der Waals surface area contributed by atoms with Crippen LogP contribution in [-0.4, -0.2) is 36.8 Å². The molecule has 3 nitrogen and oxygen atoms in total. The molecule has 0 radical (unpaired) electrons. The molecule has 90 valence electrons. The van der Waals surface area contributed by atoms with Crippen molar-refractivity contribution in [3.8, 4) is 5.75 Å². The van der Waals surface area contributed by atoms with Crippen molar-refractivity contribution in [2.24, 2.45) is 0 Å². The van der Waals surface area contributed by atoms with Gasteiger partial charge in [0.15, 0.2) is 0 Å². The number of aliphatic hydroxyl groups excluding tert-OH is 1. The first kappa shape index (κ1) is 13.0. The molecular formula is C13H21NO2. The van der Waals surface area contributed by atoms with E-state index in [0.717, 1.165) is 11.3 Å². The standard InChI is InChI=1S/C13H21NO2/c1-10(2)16-12-7-5-6-11(8-12)13(15)9-14(3)4/h5-8,10,13,15H,9H2,1-4H3. The molecule has 1 rings (SSSR count). The summed E-state index contributed by atoms with van der Waals surface area (Å²) in [6, 6.07) is 7.63. The summed E-state index contributed by atoms with van der Waals surface area (Å²) < 4.78 is 5.59. The van der Waals surface area contributed by atoms with Crippen LogP contribution in [0, 0.1) is 0 Å². The smallest absolute Gasteiger partial charge is 0.120 e. The molecule has 0 aliphatic heterocycles. The molecular weight excluding hydrogens is 202 g/mol.